The Labute approximate surface area is 179 Å². The fourth-order valence-electron chi connectivity index (χ4n) is 4.43. The van der Waals surface area contributed by atoms with Gasteiger partial charge in [-0.1, -0.05) is 31.4 Å². The second-order valence-corrected chi connectivity index (χ2v) is 8.23. The second kappa shape index (κ2) is 8.49. The molecule has 2 aromatic rings. The van der Waals surface area contributed by atoms with Crippen LogP contribution in [0.2, 0.25) is 0 Å². The van der Waals surface area contributed by atoms with Crippen molar-refractivity contribution in [1.82, 2.24) is 25.1 Å². The van der Waals surface area contributed by atoms with E-state index < -0.39 is 17.6 Å². The van der Waals surface area contributed by atoms with Crippen molar-refractivity contribution in [2.45, 2.75) is 50.1 Å². The summed E-state index contributed by atoms with van der Waals surface area (Å²) in [5.41, 5.74) is -0.115. The maximum absolute atomic E-state index is 13.4. The highest BCUT2D eigenvalue weighted by Gasteiger charge is 2.51. The van der Waals surface area contributed by atoms with Gasteiger partial charge < -0.3 is 15.2 Å². The maximum atomic E-state index is 13.4. The predicted octanol–water partition coefficient (Wildman–Crippen LogP) is 2.41. The van der Waals surface area contributed by atoms with Gasteiger partial charge in [-0.15, -0.1) is 0 Å². The van der Waals surface area contributed by atoms with Gasteiger partial charge in [-0.25, -0.2) is 14.2 Å². The number of halogens is 1. The van der Waals surface area contributed by atoms with Crippen LogP contribution in [0.5, 0.6) is 0 Å². The molecule has 1 aromatic heterocycles. The van der Waals surface area contributed by atoms with Crippen LogP contribution in [0.15, 0.2) is 36.7 Å². The molecule has 1 atom stereocenters. The van der Waals surface area contributed by atoms with Gasteiger partial charge in [0.25, 0.3) is 5.91 Å². The summed E-state index contributed by atoms with van der Waals surface area (Å²) in [4.78, 5) is 43.5. The van der Waals surface area contributed by atoms with Gasteiger partial charge in [-0.3, -0.25) is 14.5 Å². The molecule has 2 N–H and O–H groups in total. The summed E-state index contributed by atoms with van der Waals surface area (Å²) >= 11 is 0. The molecule has 164 valence electrons. The molecule has 2 aliphatic rings. The van der Waals surface area contributed by atoms with Crippen molar-refractivity contribution in [3.63, 3.8) is 0 Å². The minimum absolute atomic E-state index is 0.00888. The van der Waals surface area contributed by atoms with Crippen molar-refractivity contribution < 1.29 is 18.8 Å². The lowest BCUT2D eigenvalue weighted by Gasteiger charge is -2.30. The minimum Gasteiger partial charge on any atom is -0.342 e. The number of rotatable bonds is 6. The molecule has 1 aliphatic heterocycles. The molecular formula is C22H26FN5O3. The number of urea groups is 1. The molecule has 1 spiro atoms. The number of nitrogens with zero attached hydrogens (tertiary/aromatic N) is 3. The van der Waals surface area contributed by atoms with E-state index in [1.54, 1.807) is 29.1 Å². The van der Waals surface area contributed by atoms with Gasteiger partial charge in [0.15, 0.2) is 0 Å². The Kier molecular flexibility index (Phi) is 5.75. The van der Waals surface area contributed by atoms with E-state index in [9.17, 15) is 18.8 Å². The highest BCUT2D eigenvalue weighted by atomic mass is 19.1. The summed E-state index contributed by atoms with van der Waals surface area (Å²) in [7, 11) is 1.81. The first kappa shape index (κ1) is 21.0. The van der Waals surface area contributed by atoms with E-state index in [4.69, 9.17) is 0 Å². The third kappa shape index (κ3) is 4.17. The molecular weight excluding hydrogens is 401 g/mol. The van der Waals surface area contributed by atoms with E-state index in [1.807, 2.05) is 7.05 Å². The molecule has 4 amide bonds. The molecule has 2 heterocycles. The van der Waals surface area contributed by atoms with Crippen molar-refractivity contribution in [3.05, 3.63) is 53.9 Å². The van der Waals surface area contributed by atoms with Crippen LogP contribution in [-0.4, -0.2) is 44.4 Å². The summed E-state index contributed by atoms with van der Waals surface area (Å²) < 4.78 is 15.1. The van der Waals surface area contributed by atoms with E-state index in [1.165, 1.54) is 12.1 Å². The average Bonchev–Trinajstić information content (AvgIpc) is 3.27. The summed E-state index contributed by atoms with van der Waals surface area (Å²) in [6.45, 7) is 0.00888. The average molecular weight is 427 g/mol. The van der Waals surface area contributed by atoms with E-state index in [0.29, 0.717) is 24.2 Å². The molecule has 9 heteroatoms. The highest BCUT2D eigenvalue weighted by molar-refractivity contribution is 6.07. The van der Waals surface area contributed by atoms with E-state index in [2.05, 4.69) is 15.6 Å². The van der Waals surface area contributed by atoms with Crippen molar-refractivity contribution in [2.75, 3.05) is 6.54 Å². The second-order valence-electron chi connectivity index (χ2n) is 8.23. The Bertz CT molecular complexity index is 981. The molecule has 2 fully saturated rings. The number of carbonyl (C=O) groups is 3. The van der Waals surface area contributed by atoms with Crippen LogP contribution < -0.4 is 10.6 Å². The number of amides is 4. The lowest BCUT2D eigenvalue weighted by atomic mass is 9.82. The third-order valence-corrected chi connectivity index (χ3v) is 6.14. The first-order valence-corrected chi connectivity index (χ1v) is 10.6. The monoisotopic (exact) mass is 427 g/mol. The molecule has 1 saturated carbocycles. The Morgan fingerprint density at radius 1 is 1.23 bits per heavy atom. The number of imidazole rings is 1. The molecule has 0 bridgehead atoms. The van der Waals surface area contributed by atoms with Gasteiger partial charge in [0.05, 0.1) is 0 Å². The number of carbonyl (C=O) groups excluding carboxylic acids is 3. The smallest absolute Gasteiger partial charge is 0.325 e. The molecule has 1 unspecified atom stereocenters. The fourth-order valence-corrected chi connectivity index (χ4v) is 4.43. The Hall–Kier alpha value is -3.23. The summed E-state index contributed by atoms with van der Waals surface area (Å²) in [6, 6.07) is 4.83. The topological polar surface area (TPSA) is 96.3 Å². The third-order valence-electron chi connectivity index (χ3n) is 6.14. The molecule has 8 nitrogen and oxygen atoms in total. The first-order valence-electron chi connectivity index (χ1n) is 10.6. The zero-order valence-electron chi connectivity index (χ0n) is 17.4. The predicted molar refractivity (Wildman–Crippen MR) is 110 cm³/mol. The van der Waals surface area contributed by atoms with Gasteiger partial charge in [0, 0.05) is 32.4 Å². The molecule has 1 aliphatic carbocycles. The van der Waals surface area contributed by atoms with E-state index in [0.717, 1.165) is 24.2 Å². The van der Waals surface area contributed by atoms with Crippen molar-refractivity contribution >= 4 is 17.8 Å². The lowest BCUT2D eigenvalue weighted by molar-refractivity contribution is -0.132. The molecule has 1 aromatic carbocycles. The van der Waals surface area contributed by atoms with Crippen molar-refractivity contribution in [3.8, 4) is 0 Å². The van der Waals surface area contributed by atoms with Crippen molar-refractivity contribution in [2.24, 2.45) is 7.05 Å². The first-order chi connectivity index (χ1) is 14.9. The van der Waals surface area contributed by atoms with Crippen LogP contribution in [0.1, 0.15) is 56.0 Å². The number of nitrogens with one attached hydrogen (secondary N) is 2. The summed E-state index contributed by atoms with van der Waals surface area (Å²) in [5, 5.41) is 5.76. The van der Waals surface area contributed by atoms with Crippen LogP contribution in [0.4, 0.5) is 9.18 Å². The maximum Gasteiger partial charge on any atom is 0.325 e. The summed E-state index contributed by atoms with van der Waals surface area (Å²) in [6.07, 6.45) is 7.51. The van der Waals surface area contributed by atoms with Crippen molar-refractivity contribution in [1.29, 1.82) is 0 Å². The molecule has 4 rings (SSSR count). The van der Waals surface area contributed by atoms with Crippen LogP contribution in [0.25, 0.3) is 0 Å². The Morgan fingerprint density at radius 2 is 1.94 bits per heavy atom. The normalized spacial score (nSPS) is 18.8. The van der Waals surface area contributed by atoms with Gasteiger partial charge in [0.1, 0.15) is 23.2 Å². The molecule has 0 radical (unpaired) electrons. The SMILES string of the molecule is Cn1ccnc1C(NC(=O)CCN1C(=O)NC2(CCCCC2)C1=O)c1ccc(F)cc1. The molecule has 31 heavy (non-hydrogen) atoms. The standard InChI is InChI=1S/C22H26FN5O3/c1-27-14-12-24-19(27)18(15-5-7-16(23)8-6-15)25-17(29)9-13-28-20(30)22(26-21(28)31)10-3-2-4-11-22/h5-8,12,14,18H,2-4,9-11,13H2,1H3,(H,25,29)(H,26,31). The quantitative estimate of drug-likeness (QED) is 0.692. The fraction of sp³-hybridized carbons (Fsp3) is 0.455. The minimum atomic E-state index is -0.796. The van der Waals surface area contributed by atoms with Gasteiger partial charge >= 0.3 is 6.03 Å². The number of hydrogen-bond acceptors (Lipinski definition) is 4. The largest absolute Gasteiger partial charge is 0.342 e. The Balaban J connectivity index is 1.44. The number of aromatic nitrogens is 2. The van der Waals surface area contributed by atoms with E-state index >= 15 is 0 Å². The lowest BCUT2D eigenvalue weighted by Crippen LogP contribution is -2.48. The summed E-state index contributed by atoms with van der Waals surface area (Å²) in [5.74, 6) is -0.341. The zero-order chi connectivity index (χ0) is 22.0. The van der Waals surface area contributed by atoms with Crippen LogP contribution in [0, 0.1) is 5.82 Å². The number of benzene rings is 1. The van der Waals surface area contributed by atoms with Gasteiger partial charge in [0.2, 0.25) is 5.91 Å². The Morgan fingerprint density at radius 3 is 2.58 bits per heavy atom. The van der Waals surface area contributed by atoms with E-state index in [-0.39, 0.29) is 30.6 Å². The number of hydrogen-bond donors (Lipinski definition) is 2. The molecule has 1 saturated heterocycles. The van der Waals surface area contributed by atoms with Crippen LogP contribution in [0.3, 0.4) is 0 Å². The highest BCUT2D eigenvalue weighted by Crippen LogP contribution is 2.33. The zero-order valence-corrected chi connectivity index (χ0v) is 17.4. The number of aryl methyl sites for hydroxylation is 1. The van der Waals surface area contributed by atoms with Crippen LogP contribution in [-0.2, 0) is 16.6 Å². The van der Waals surface area contributed by atoms with Crippen LogP contribution >= 0.6 is 0 Å². The number of imide groups is 1. The van der Waals surface area contributed by atoms with Gasteiger partial charge in [-0.2, -0.15) is 0 Å². The van der Waals surface area contributed by atoms with Gasteiger partial charge in [-0.05, 0) is 30.5 Å².